The topological polar surface area (TPSA) is 43.6 Å². The Hall–Kier alpha value is -0.980. The van der Waals surface area contributed by atoms with E-state index in [1.807, 2.05) is 11.6 Å². The van der Waals surface area contributed by atoms with Crippen LogP contribution in [0.15, 0.2) is 12.4 Å². The van der Waals surface area contributed by atoms with Crippen molar-refractivity contribution in [1.29, 1.82) is 0 Å². The number of hydrogen-bond acceptors (Lipinski definition) is 3. The van der Waals surface area contributed by atoms with Crippen molar-refractivity contribution >= 4 is 22.6 Å². The van der Waals surface area contributed by atoms with Crippen LogP contribution in [0.1, 0.15) is 23.9 Å². The number of aryl methyl sites for hydroxylation is 1. The molecule has 0 radical (unpaired) electrons. The van der Waals surface area contributed by atoms with Crippen LogP contribution < -0.4 is 0 Å². The molecule has 0 amide bonds. The van der Waals surface area contributed by atoms with Crippen molar-refractivity contribution in [2.45, 2.75) is 27.2 Å². The summed E-state index contributed by atoms with van der Waals surface area (Å²) >= 11 is 2.19. The minimum Gasteiger partial charge on any atom is -0.219 e. The van der Waals surface area contributed by atoms with Crippen molar-refractivity contribution in [3.05, 3.63) is 32.9 Å². The lowest BCUT2D eigenvalue weighted by Crippen LogP contribution is -2.04. The summed E-state index contributed by atoms with van der Waals surface area (Å²) in [5, 5.41) is 4.47. The van der Waals surface area contributed by atoms with Crippen LogP contribution in [0.3, 0.4) is 0 Å². The van der Waals surface area contributed by atoms with Gasteiger partial charge in [0.2, 0.25) is 0 Å². The first-order valence-electron chi connectivity index (χ1n) is 5.16. The van der Waals surface area contributed by atoms with Crippen molar-refractivity contribution in [1.82, 2.24) is 19.7 Å². The predicted molar refractivity (Wildman–Crippen MR) is 70.7 cm³/mol. The molecular weight excluding hydrogens is 315 g/mol. The van der Waals surface area contributed by atoms with Crippen molar-refractivity contribution in [2.24, 2.45) is 0 Å². The largest absolute Gasteiger partial charge is 0.250 e. The minimum absolute atomic E-state index is 0.640. The van der Waals surface area contributed by atoms with Crippen molar-refractivity contribution in [3.8, 4) is 5.95 Å². The summed E-state index contributed by atoms with van der Waals surface area (Å²) in [7, 11) is 0. The van der Waals surface area contributed by atoms with E-state index in [0.29, 0.717) is 5.95 Å². The monoisotopic (exact) mass is 328 g/mol. The van der Waals surface area contributed by atoms with Crippen molar-refractivity contribution in [3.63, 3.8) is 0 Å². The van der Waals surface area contributed by atoms with E-state index in [9.17, 15) is 0 Å². The Morgan fingerprint density at radius 2 is 1.88 bits per heavy atom. The summed E-state index contributed by atoms with van der Waals surface area (Å²) in [6.45, 7) is 6.21. The Balaban J connectivity index is 2.52. The van der Waals surface area contributed by atoms with Gasteiger partial charge in [0.15, 0.2) is 0 Å². The maximum atomic E-state index is 4.47. The van der Waals surface area contributed by atoms with Gasteiger partial charge in [-0.3, -0.25) is 0 Å². The van der Waals surface area contributed by atoms with Crippen LogP contribution >= 0.6 is 22.6 Å². The van der Waals surface area contributed by atoms with Crippen LogP contribution in [0.4, 0.5) is 0 Å². The van der Waals surface area contributed by atoms with Gasteiger partial charge >= 0.3 is 0 Å². The van der Waals surface area contributed by atoms with Gasteiger partial charge in [0.25, 0.3) is 5.95 Å². The summed E-state index contributed by atoms with van der Waals surface area (Å²) in [6, 6.07) is 0. The molecule has 0 bridgehead atoms. The molecule has 16 heavy (non-hydrogen) atoms. The van der Waals surface area contributed by atoms with Gasteiger partial charge in [0, 0.05) is 21.7 Å². The highest BCUT2D eigenvalue weighted by Gasteiger charge is 2.12. The van der Waals surface area contributed by atoms with Crippen molar-refractivity contribution in [2.75, 3.05) is 0 Å². The standard InChI is InChI=1S/C11H13IN4/c1-4-10-7(2)15-16(8(10)3)11-13-5-9(12)6-14-11/h5-6H,4H2,1-3H3. The Bertz CT molecular complexity index is 501. The Morgan fingerprint density at radius 3 is 2.38 bits per heavy atom. The van der Waals surface area contributed by atoms with Gasteiger partial charge < -0.3 is 0 Å². The third kappa shape index (κ3) is 1.95. The summed E-state index contributed by atoms with van der Waals surface area (Å²) in [5.74, 6) is 0.640. The van der Waals surface area contributed by atoms with Crippen LogP contribution in [0.25, 0.3) is 5.95 Å². The molecule has 0 aromatic carbocycles. The predicted octanol–water partition coefficient (Wildman–Crippen LogP) is 2.45. The van der Waals surface area contributed by atoms with Gasteiger partial charge in [-0.1, -0.05) is 6.92 Å². The molecule has 5 heteroatoms. The average molecular weight is 328 g/mol. The first-order chi connectivity index (χ1) is 7.63. The highest BCUT2D eigenvalue weighted by atomic mass is 127. The second-order valence-corrected chi connectivity index (χ2v) is 4.86. The van der Waals surface area contributed by atoms with Gasteiger partial charge in [-0.15, -0.1) is 0 Å². The molecule has 2 rings (SSSR count). The summed E-state index contributed by atoms with van der Waals surface area (Å²) in [4.78, 5) is 8.56. The molecule has 2 aromatic heterocycles. The number of rotatable bonds is 2. The average Bonchev–Trinajstić information content (AvgIpc) is 2.55. The van der Waals surface area contributed by atoms with Crippen LogP contribution in [0.5, 0.6) is 0 Å². The molecule has 4 nitrogen and oxygen atoms in total. The lowest BCUT2D eigenvalue weighted by molar-refractivity contribution is 0.771. The van der Waals surface area contributed by atoms with Crippen LogP contribution in [0, 0.1) is 17.4 Å². The molecule has 0 saturated carbocycles. The van der Waals surface area contributed by atoms with Gasteiger partial charge in [-0.2, -0.15) is 5.10 Å². The van der Waals surface area contributed by atoms with E-state index in [1.165, 1.54) is 5.56 Å². The molecule has 0 fully saturated rings. The summed E-state index contributed by atoms with van der Waals surface area (Å²) < 4.78 is 2.84. The third-order valence-corrected chi connectivity index (χ3v) is 3.15. The highest BCUT2D eigenvalue weighted by Crippen LogP contribution is 2.16. The second kappa shape index (κ2) is 4.48. The minimum atomic E-state index is 0.640. The van der Waals surface area contributed by atoms with Gasteiger partial charge in [-0.25, -0.2) is 14.6 Å². The van der Waals surface area contributed by atoms with E-state index >= 15 is 0 Å². The lowest BCUT2D eigenvalue weighted by Gasteiger charge is -2.02. The first kappa shape index (κ1) is 11.5. The van der Waals surface area contributed by atoms with E-state index in [0.717, 1.165) is 21.4 Å². The van der Waals surface area contributed by atoms with Crippen LogP contribution in [0.2, 0.25) is 0 Å². The lowest BCUT2D eigenvalue weighted by atomic mass is 10.1. The fourth-order valence-electron chi connectivity index (χ4n) is 1.80. The quantitative estimate of drug-likeness (QED) is 0.796. The molecule has 0 unspecified atom stereocenters. The summed E-state index contributed by atoms with van der Waals surface area (Å²) in [5.41, 5.74) is 3.46. The number of aromatic nitrogens is 4. The SMILES string of the molecule is CCc1c(C)nn(-c2ncc(I)cn2)c1C. The Kier molecular flexibility index (Phi) is 3.22. The zero-order valence-corrected chi connectivity index (χ0v) is 11.7. The van der Waals surface area contributed by atoms with Crippen LogP contribution in [-0.2, 0) is 6.42 Å². The van der Waals surface area contributed by atoms with E-state index in [2.05, 4.69) is 51.5 Å². The molecule has 84 valence electrons. The second-order valence-electron chi connectivity index (χ2n) is 3.62. The van der Waals surface area contributed by atoms with E-state index in [1.54, 1.807) is 12.4 Å². The maximum absolute atomic E-state index is 4.47. The fraction of sp³-hybridized carbons (Fsp3) is 0.364. The molecule has 0 aliphatic rings. The zero-order valence-electron chi connectivity index (χ0n) is 9.53. The molecule has 2 heterocycles. The fourth-order valence-corrected chi connectivity index (χ4v) is 2.07. The third-order valence-electron chi connectivity index (χ3n) is 2.59. The molecule has 0 atom stereocenters. The number of nitrogens with zero attached hydrogens (tertiary/aromatic N) is 4. The van der Waals surface area contributed by atoms with E-state index < -0.39 is 0 Å². The van der Waals surface area contributed by atoms with Gasteiger partial charge in [0.05, 0.1) is 5.69 Å². The smallest absolute Gasteiger partial charge is 0.219 e. The first-order valence-corrected chi connectivity index (χ1v) is 6.24. The number of hydrogen-bond donors (Lipinski definition) is 0. The molecule has 0 aliphatic heterocycles. The molecule has 0 aliphatic carbocycles. The van der Waals surface area contributed by atoms with Gasteiger partial charge in [0.1, 0.15) is 0 Å². The normalized spacial score (nSPS) is 10.8. The maximum Gasteiger partial charge on any atom is 0.250 e. The van der Waals surface area contributed by atoms with E-state index in [4.69, 9.17) is 0 Å². The molecular formula is C11H13IN4. The Morgan fingerprint density at radius 1 is 1.25 bits per heavy atom. The molecule has 0 N–H and O–H groups in total. The molecule has 0 saturated heterocycles. The summed E-state index contributed by atoms with van der Waals surface area (Å²) in [6.07, 6.45) is 4.58. The number of halogens is 1. The van der Waals surface area contributed by atoms with Crippen LogP contribution in [-0.4, -0.2) is 19.7 Å². The van der Waals surface area contributed by atoms with E-state index in [-0.39, 0.29) is 0 Å². The molecule has 2 aromatic rings. The van der Waals surface area contributed by atoms with Crippen molar-refractivity contribution < 1.29 is 0 Å². The highest BCUT2D eigenvalue weighted by molar-refractivity contribution is 14.1. The molecule has 0 spiro atoms. The zero-order chi connectivity index (χ0) is 11.7. The van der Waals surface area contributed by atoms with Gasteiger partial charge in [-0.05, 0) is 48.4 Å². The Labute approximate surface area is 108 Å².